The van der Waals surface area contributed by atoms with E-state index < -0.39 is 0 Å². The molecule has 1 aromatic heterocycles. The highest BCUT2D eigenvalue weighted by Crippen LogP contribution is 2.36. The van der Waals surface area contributed by atoms with Gasteiger partial charge >= 0.3 is 0 Å². The standard InChI is InChI=1S/C10H14ClN3O/c1-6(7-3-4-7)14(2)9-8(11)10(15)13-5-12-9/h5-7H,3-4H2,1-2H3,(H,12,13,15). The van der Waals surface area contributed by atoms with E-state index in [2.05, 4.69) is 16.9 Å². The minimum absolute atomic E-state index is 0.174. The van der Waals surface area contributed by atoms with Gasteiger partial charge in [-0.2, -0.15) is 0 Å². The normalized spacial score (nSPS) is 17.5. The van der Waals surface area contributed by atoms with Gasteiger partial charge in [0.05, 0.1) is 6.33 Å². The van der Waals surface area contributed by atoms with Gasteiger partial charge in [-0.25, -0.2) is 4.98 Å². The molecule has 0 radical (unpaired) electrons. The molecule has 1 aliphatic carbocycles. The van der Waals surface area contributed by atoms with Crippen LogP contribution in [0, 0.1) is 5.92 Å². The Hall–Kier alpha value is -1.03. The second-order valence-corrected chi connectivity index (χ2v) is 4.44. The van der Waals surface area contributed by atoms with E-state index in [0.717, 1.165) is 0 Å². The van der Waals surface area contributed by atoms with Crippen LogP contribution in [0.4, 0.5) is 5.82 Å². The highest BCUT2D eigenvalue weighted by atomic mass is 35.5. The quantitative estimate of drug-likeness (QED) is 0.855. The van der Waals surface area contributed by atoms with Gasteiger partial charge in [-0.1, -0.05) is 11.6 Å². The van der Waals surface area contributed by atoms with Crippen molar-refractivity contribution in [2.45, 2.75) is 25.8 Å². The average molecular weight is 228 g/mol. The van der Waals surface area contributed by atoms with Gasteiger partial charge in [-0.15, -0.1) is 0 Å². The number of aromatic amines is 1. The van der Waals surface area contributed by atoms with E-state index in [1.807, 2.05) is 11.9 Å². The van der Waals surface area contributed by atoms with Crippen LogP contribution < -0.4 is 10.5 Å². The van der Waals surface area contributed by atoms with Gasteiger partial charge in [0.2, 0.25) is 0 Å². The van der Waals surface area contributed by atoms with Crippen molar-refractivity contribution in [3.63, 3.8) is 0 Å². The molecule has 0 bridgehead atoms. The zero-order valence-electron chi connectivity index (χ0n) is 8.83. The van der Waals surface area contributed by atoms with E-state index in [9.17, 15) is 4.79 Å². The smallest absolute Gasteiger partial charge is 0.271 e. The highest BCUT2D eigenvalue weighted by molar-refractivity contribution is 6.32. The average Bonchev–Trinajstić information content (AvgIpc) is 3.03. The van der Waals surface area contributed by atoms with Crippen LogP contribution in [0.5, 0.6) is 0 Å². The Morgan fingerprint density at radius 1 is 1.67 bits per heavy atom. The number of halogens is 1. The molecule has 0 saturated heterocycles. The summed E-state index contributed by atoms with van der Waals surface area (Å²) in [5.74, 6) is 1.28. The molecule has 0 aliphatic heterocycles. The van der Waals surface area contributed by atoms with Crippen molar-refractivity contribution < 1.29 is 0 Å². The van der Waals surface area contributed by atoms with Crippen LogP contribution in [-0.2, 0) is 0 Å². The lowest BCUT2D eigenvalue weighted by Gasteiger charge is -2.26. The number of H-pyrrole nitrogens is 1. The van der Waals surface area contributed by atoms with E-state index in [1.165, 1.54) is 19.2 Å². The molecule has 1 aliphatic rings. The fraction of sp³-hybridized carbons (Fsp3) is 0.600. The van der Waals surface area contributed by atoms with Gasteiger partial charge in [0.15, 0.2) is 5.82 Å². The highest BCUT2D eigenvalue weighted by Gasteiger charge is 2.31. The zero-order valence-corrected chi connectivity index (χ0v) is 9.58. The number of nitrogens with zero attached hydrogens (tertiary/aromatic N) is 2. The number of nitrogens with one attached hydrogen (secondary N) is 1. The Labute approximate surface area is 93.3 Å². The summed E-state index contributed by atoms with van der Waals surface area (Å²) in [5.41, 5.74) is -0.281. The molecule has 1 saturated carbocycles. The lowest BCUT2D eigenvalue weighted by atomic mass is 10.2. The van der Waals surface area contributed by atoms with Crippen molar-refractivity contribution in [2.24, 2.45) is 5.92 Å². The predicted octanol–water partition coefficient (Wildman–Crippen LogP) is 1.66. The summed E-state index contributed by atoms with van der Waals surface area (Å²) in [6.45, 7) is 2.14. The van der Waals surface area contributed by atoms with Gasteiger partial charge in [-0.05, 0) is 25.7 Å². The summed E-state index contributed by atoms with van der Waals surface area (Å²) >= 11 is 5.91. The molecule has 1 fully saturated rings. The maximum Gasteiger partial charge on any atom is 0.271 e. The molecule has 15 heavy (non-hydrogen) atoms. The number of aromatic nitrogens is 2. The summed E-state index contributed by atoms with van der Waals surface area (Å²) in [4.78, 5) is 19.8. The first-order chi connectivity index (χ1) is 7.11. The van der Waals surface area contributed by atoms with Crippen molar-refractivity contribution in [2.75, 3.05) is 11.9 Å². The first kappa shape index (κ1) is 10.5. The third-order valence-corrected chi connectivity index (χ3v) is 3.37. The van der Waals surface area contributed by atoms with Crippen LogP contribution in [-0.4, -0.2) is 23.1 Å². The fourth-order valence-electron chi connectivity index (χ4n) is 1.71. The molecular weight excluding hydrogens is 214 g/mol. The van der Waals surface area contributed by atoms with Crippen LogP contribution in [0.2, 0.25) is 5.02 Å². The van der Waals surface area contributed by atoms with Gasteiger partial charge in [0.1, 0.15) is 5.02 Å². The largest absolute Gasteiger partial charge is 0.355 e. The molecule has 0 spiro atoms. The Kier molecular flexibility index (Phi) is 2.69. The first-order valence-electron chi connectivity index (χ1n) is 5.07. The molecule has 2 rings (SSSR count). The SMILES string of the molecule is CC(C1CC1)N(C)c1nc[nH]c(=O)c1Cl. The van der Waals surface area contributed by atoms with E-state index >= 15 is 0 Å². The summed E-state index contributed by atoms with van der Waals surface area (Å²) < 4.78 is 0. The molecule has 1 atom stereocenters. The first-order valence-corrected chi connectivity index (χ1v) is 5.45. The van der Waals surface area contributed by atoms with Crippen LogP contribution >= 0.6 is 11.6 Å². The zero-order chi connectivity index (χ0) is 11.0. The van der Waals surface area contributed by atoms with Crippen LogP contribution in [0.25, 0.3) is 0 Å². The van der Waals surface area contributed by atoms with Crippen molar-refractivity contribution >= 4 is 17.4 Å². The Balaban J connectivity index is 2.27. The fourth-order valence-corrected chi connectivity index (χ4v) is 1.94. The van der Waals surface area contributed by atoms with E-state index in [1.54, 1.807) is 0 Å². The molecule has 0 amide bonds. The number of anilines is 1. The van der Waals surface area contributed by atoms with E-state index in [-0.39, 0.29) is 10.6 Å². The second kappa shape index (κ2) is 3.85. The van der Waals surface area contributed by atoms with E-state index in [4.69, 9.17) is 11.6 Å². The molecular formula is C10H14ClN3O. The molecule has 1 heterocycles. The van der Waals surface area contributed by atoms with Gasteiger partial charge in [-0.3, -0.25) is 4.79 Å². The minimum atomic E-state index is -0.281. The van der Waals surface area contributed by atoms with Crippen molar-refractivity contribution in [1.82, 2.24) is 9.97 Å². The third kappa shape index (κ3) is 2.00. The molecule has 82 valence electrons. The predicted molar refractivity (Wildman–Crippen MR) is 60.5 cm³/mol. The molecule has 0 aromatic carbocycles. The van der Waals surface area contributed by atoms with Crippen molar-refractivity contribution in [3.8, 4) is 0 Å². The molecule has 1 unspecified atom stereocenters. The Morgan fingerprint density at radius 2 is 2.33 bits per heavy atom. The Bertz CT molecular complexity index is 413. The van der Waals surface area contributed by atoms with Crippen LogP contribution in [0.3, 0.4) is 0 Å². The van der Waals surface area contributed by atoms with Gasteiger partial charge in [0, 0.05) is 13.1 Å². The number of rotatable bonds is 3. The number of hydrogen-bond acceptors (Lipinski definition) is 3. The monoisotopic (exact) mass is 227 g/mol. The summed E-state index contributed by atoms with van der Waals surface area (Å²) in [6, 6.07) is 0.386. The van der Waals surface area contributed by atoms with E-state index in [0.29, 0.717) is 17.8 Å². The Morgan fingerprint density at radius 3 is 2.93 bits per heavy atom. The van der Waals surface area contributed by atoms with Gasteiger partial charge < -0.3 is 9.88 Å². The van der Waals surface area contributed by atoms with Crippen molar-refractivity contribution in [1.29, 1.82) is 0 Å². The second-order valence-electron chi connectivity index (χ2n) is 4.06. The number of hydrogen-bond donors (Lipinski definition) is 1. The summed E-state index contributed by atoms with van der Waals surface area (Å²) in [7, 11) is 1.93. The summed E-state index contributed by atoms with van der Waals surface area (Å²) in [5, 5.41) is 0.174. The molecule has 1 N–H and O–H groups in total. The lowest BCUT2D eigenvalue weighted by molar-refractivity contribution is 0.603. The maximum atomic E-state index is 11.3. The van der Waals surface area contributed by atoms with Crippen LogP contribution in [0.15, 0.2) is 11.1 Å². The minimum Gasteiger partial charge on any atom is -0.355 e. The molecule has 4 nitrogen and oxygen atoms in total. The molecule has 5 heteroatoms. The van der Waals surface area contributed by atoms with Crippen LogP contribution in [0.1, 0.15) is 19.8 Å². The molecule has 1 aromatic rings. The topological polar surface area (TPSA) is 49.0 Å². The lowest BCUT2D eigenvalue weighted by Crippen LogP contribution is -2.32. The third-order valence-electron chi connectivity index (χ3n) is 3.03. The summed E-state index contributed by atoms with van der Waals surface area (Å²) in [6.07, 6.45) is 3.90. The van der Waals surface area contributed by atoms with Gasteiger partial charge in [0.25, 0.3) is 5.56 Å². The van der Waals surface area contributed by atoms with Crippen molar-refractivity contribution in [3.05, 3.63) is 21.7 Å². The maximum absolute atomic E-state index is 11.3.